The molecule has 3 rings (SSSR count). The van der Waals surface area contributed by atoms with Gasteiger partial charge in [-0.1, -0.05) is 30.5 Å². The van der Waals surface area contributed by atoms with Crippen LogP contribution in [0.2, 0.25) is 0 Å². The average molecular weight is 355 g/mol. The van der Waals surface area contributed by atoms with E-state index in [0.717, 1.165) is 35.1 Å². The zero-order valence-corrected chi connectivity index (χ0v) is 15.0. The van der Waals surface area contributed by atoms with Gasteiger partial charge in [0.05, 0.1) is 13.2 Å². The molecule has 6 nitrogen and oxygen atoms in total. The van der Waals surface area contributed by atoms with E-state index in [0.29, 0.717) is 19.0 Å². The van der Waals surface area contributed by atoms with Crippen molar-refractivity contribution >= 4 is 17.6 Å². The lowest BCUT2D eigenvalue weighted by molar-refractivity contribution is 0.0268. The lowest BCUT2D eigenvalue weighted by Gasteiger charge is -2.31. The summed E-state index contributed by atoms with van der Waals surface area (Å²) < 4.78 is 5.46. The van der Waals surface area contributed by atoms with Gasteiger partial charge in [-0.15, -0.1) is 0 Å². The Morgan fingerprint density at radius 1 is 1.20 bits per heavy atom. The van der Waals surface area contributed by atoms with Crippen LogP contribution in [0.5, 0.6) is 0 Å². The fourth-order valence-corrected chi connectivity index (χ4v) is 3.04. The summed E-state index contributed by atoms with van der Waals surface area (Å²) in [5, 5.41) is 0.794. The van der Waals surface area contributed by atoms with Crippen molar-refractivity contribution in [1.82, 2.24) is 19.9 Å². The highest BCUT2D eigenvalue weighted by Gasteiger charge is 2.21. The van der Waals surface area contributed by atoms with Crippen LogP contribution in [0.3, 0.4) is 0 Å². The number of nitrogen functional groups attached to an aromatic ring is 1. The van der Waals surface area contributed by atoms with Crippen molar-refractivity contribution in [2.24, 2.45) is 0 Å². The number of rotatable bonds is 4. The van der Waals surface area contributed by atoms with Crippen LogP contribution in [0.15, 0.2) is 35.9 Å². The third-order valence-corrected chi connectivity index (χ3v) is 4.55. The number of hydrogen-bond donors (Lipinski definition) is 1. The molecule has 1 unspecified atom stereocenters. The SMILES string of the molecule is CCSc1ncc(C(C#Cc2ccc(N)nc2)N2CCOCC2)cn1. The van der Waals surface area contributed by atoms with E-state index in [9.17, 15) is 0 Å². The van der Waals surface area contributed by atoms with Crippen LogP contribution in [0.1, 0.15) is 24.1 Å². The molecule has 2 aromatic heterocycles. The molecule has 0 spiro atoms. The molecular weight excluding hydrogens is 334 g/mol. The highest BCUT2D eigenvalue weighted by atomic mass is 32.2. The van der Waals surface area contributed by atoms with Crippen LogP contribution in [0.25, 0.3) is 0 Å². The number of hydrogen-bond acceptors (Lipinski definition) is 7. The molecular formula is C18H21N5OS. The Kier molecular flexibility index (Phi) is 6.23. The monoisotopic (exact) mass is 355 g/mol. The maximum absolute atomic E-state index is 5.63. The quantitative estimate of drug-likeness (QED) is 0.510. The minimum absolute atomic E-state index is 0.0675. The fraction of sp³-hybridized carbons (Fsp3) is 0.389. The molecule has 7 heteroatoms. The van der Waals surface area contributed by atoms with Crippen molar-refractivity contribution in [1.29, 1.82) is 0 Å². The van der Waals surface area contributed by atoms with Crippen molar-refractivity contribution in [3.8, 4) is 11.8 Å². The Bertz CT molecular complexity index is 733. The van der Waals surface area contributed by atoms with E-state index in [2.05, 4.69) is 38.6 Å². The van der Waals surface area contributed by atoms with Gasteiger partial charge in [-0.3, -0.25) is 4.90 Å². The molecule has 3 heterocycles. The predicted octanol–water partition coefficient (Wildman–Crippen LogP) is 1.99. The van der Waals surface area contributed by atoms with E-state index in [4.69, 9.17) is 10.5 Å². The molecule has 0 amide bonds. The Labute approximate surface area is 152 Å². The third-order valence-electron chi connectivity index (χ3n) is 3.79. The van der Waals surface area contributed by atoms with Crippen LogP contribution < -0.4 is 5.73 Å². The van der Waals surface area contributed by atoms with Gasteiger partial charge < -0.3 is 10.5 Å². The molecule has 1 aliphatic heterocycles. The highest BCUT2D eigenvalue weighted by Crippen LogP contribution is 2.22. The summed E-state index contributed by atoms with van der Waals surface area (Å²) in [6.45, 7) is 5.19. The van der Waals surface area contributed by atoms with Gasteiger partial charge in [0.15, 0.2) is 5.16 Å². The zero-order chi connectivity index (χ0) is 17.5. The van der Waals surface area contributed by atoms with Gasteiger partial charge >= 0.3 is 0 Å². The lowest BCUT2D eigenvalue weighted by Crippen LogP contribution is -2.38. The number of nitrogens with zero attached hydrogens (tertiary/aromatic N) is 4. The molecule has 25 heavy (non-hydrogen) atoms. The van der Waals surface area contributed by atoms with E-state index in [-0.39, 0.29) is 6.04 Å². The number of pyridine rings is 1. The summed E-state index contributed by atoms with van der Waals surface area (Å²) in [6, 6.07) is 3.57. The van der Waals surface area contributed by atoms with Gasteiger partial charge in [0, 0.05) is 42.8 Å². The van der Waals surface area contributed by atoms with Crippen LogP contribution in [0.4, 0.5) is 5.82 Å². The largest absolute Gasteiger partial charge is 0.384 e. The lowest BCUT2D eigenvalue weighted by atomic mass is 10.1. The maximum Gasteiger partial charge on any atom is 0.187 e. The Morgan fingerprint density at radius 3 is 2.60 bits per heavy atom. The minimum Gasteiger partial charge on any atom is -0.384 e. The van der Waals surface area contributed by atoms with Crippen LogP contribution >= 0.6 is 11.8 Å². The van der Waals surface area contributed by atoms with Gasteiger partial charge in [0.1, 0.15) is 11.9 Å². The molecule has 1 fully saturated rings. The molecule has 1 saturated heterocycles. The van der Waals surface area contributed by atoms with Crippen molar-refractivity contribution in [3.05, 3.63) is 41.9 Å². The van der Waals surface area contributed by atoms with E-state index < -0.39 is 0 Å². The Balaban J connectivity index is 1.85. The molecule has 0 saturated carbocycles. The molecule has 0 aromatic carbocycles. The third kappa shape index (κ3) is 4.92. The van der Waals surface area contributed by atoms with Crippen molar-refractivity contribution < 1.29 is 4.74 Å². The number of anilines is 1. The number of ether oxygens (including phenoxy) is 1. The van der Waals surface area contributed by atoms with Crippen molar-refractivity contribution in [2.45, 2.75) is 18.1 Å². The predicted molar refractivity (Wildman–Crippen MR) is 99.1 cm³/mol. The summed E-state index contributed by atoms with van der Waals surface area (Å²) in [4.78, 5) is 15.3. The standard InChI is InChI=1S/C18H21N5OS/c1-2-25-18-21-12-15(13-22-18)16(23-7-9-24-10-8-23)5-3-14-4-6-17(19)20-11-14/h4,6,11-13,16H,2,7-10H2,1H3,(H2,19,20). The number of aromatic nitrogens is 3. The number of morpholine rings is 1. The molecule has 2 aromatic rings. The van der Waals surface area contributed by atoms with Crippen LogP contribution in [0, 0.1) is 11.8 Å². The molecule has 1 aliphatic rings. The second-order valence-electron chi connectivity index (χ2n) is 5.52. The smallest absolute Gasteiger partial charge is 0.187 e. The average Bonchev–Trinajstić information content (AvgIpc) is 2.66. The van der Waals surface area contributed by atoms with Crippen molar-refractivity contribution in [3.63, 3.8) is 0 Å². The second kappa shape index (κ2) is 8.81. The first-order chi connectivity index (χ1) is 12.3. The maximum atomic E-state index is 5.63. The van der Waals surface area contributed by atoms with Gasteiger partial charge in [-0.05, 0) is 17.9 Å². The van der Waals surface area contributed by atoms with E-state index >= 15 is 0 Å². The van der Waals surface area contributed by atoms with Crippen molar-refractivity contribution in [2.75, 3.05) is 37.8 Å². The summed E-state index contributed by atoms with van der Waals surface area (Å²) >= 11 is 1.63. The van der Waals surface area contributed by atoms with Crippen LogP contribution in [-0.2, 0) is 4.74 Å². The van der Waals surface area contributed by atoms with Gasteiger partial charge in [0.25, 0.3) is 0 Å². The van der Waals surface area contributed by atoms with E-state index in [1.54, 1.807) is 24.0 Å². The van der Waals surface area contributed by atoms with Gasteiger partial charge in [-0.25, -0.2) is 15.0 Å². The van der Waals surface area contributed by atoms with Gasteiger partial charge in [-0.2, -0.15) is 0 Å². The molecule has 0 aliphatic carbocycles. The zero-order valence-electron chi connectivity index (χ0n) is 14.2. The first-order valence-electron chi connectivity index (χ1n) is 8.26. The second-order valence-corrected chi connectivity index (χ2v) is 6.76. The van der Waals surface area contributed by atoms with Crippen LogP contribution in [-0.4, -0.2) is 51.9 Å². The summed E-state index contributed by atoms with van der Waals surface area (Å²) in [7, 11) is 0. The topological polar surface area (TPSA) is 77.2 Å². The minimum atomic E-state index is -0.0675. The van der Waals surface area contributed by atoms with E-state index in [1.807, 2.05) is 18.5 Å². The first-order valence-corrected chi connectivity index (χ1v) is 9.24. The summed E-state index contributed by atoms with van der Waals surface area (Å²) in [5.74, 6) is 7.99. The molecule has 2 N–H and O–H groups in total. The summed E-state index contributed by atoms with van der Waals surface area (Å²) in [6.07, 6.45) is 5.44. The van der Waals surface area contributed by atoms with Gasteiger partial charge in [0.2, 0.25) is 0 Å². The molecule has 130 valence electrons. The normalized spacial score (nSPS) is 16.0. The Morgan fingerprint density at radius 2 is 1.96 bits per heavy atom. The highest BCUT2D eigenvalue weighted by molar-refractivity contribution is 7.99. The summed E-state index contributed by atoms with van der Waals surface area (Å²) in [5.41, 5.74) is 7.47. The fourth-order valence-electron chi connectivity index (χ4n) is 2.52. The molecule has 0 bridgehead atoms. The number of nitrogens with two attached hydrogens (primary N) is 1. The van der Waals surface area contributed by atoms with E-state index in [1.165, 1.54) is 0 Å². The first kappa shape index (κ1) is 17.7. The molecule has 1 atom stereocenters. The molecule has 0 radical (unpaired) electrons. The Hall–Kier alpha value is -2.14. The number of thioether (sulfide) groups is 1.